The molecule has 1 aliphatic heterocycles. The molecule has 0 bridgehead atoms. The maximum Gasteiger partial charge on any atom is 0.410 e. The van der Waals surface area contributed by atoms with Gasteiger partial charge in [0.1, 0.15) is 6.61 Å². The van der Waals surface area contributed by atoms with Gasteiger partial charge in [0.05, 0.1) is 17.9 Å². The average Bonchev–Trinajstić information content (AvgIpc) is 2.84. The molecule has 6 nitrogen and oxygen atoms in total. The van der Waals surface area contributed by atoms with Crippen molar-refractivity contribution in [3.05, 3.63) is 24.8 Å². The maximum absolute atomic E-state index is 12.3. The molecule has 0 aromatic rings. The molecule has 150 valence electrons. The minimum Gasteiger partial charge on any atom is -0.445 e. The second kappa shape index (κ2) is 8.71. The Kier molecular flexibility index (Phi) is 7.68. The summed E-state index contributed by atoms with van der Waals surface area (Å²) in [7, 11) is -5.05. The van der Waals surface area contributed by atoms with Crippen LogP contribution in [0.1, 0.15) is 27.2 Å². The Labute approximate surface area is 159 Å². The minimum atomic E-state index is -3.09. The molecule has 26 heavy (non-hydrogen) atoms. The molecule has 0 aliphatic carbocycles. The number of rotatable bonds is 7. The van der Waals surface area contributed by atoms with Crippen molar-refractivity contribution in [2.45, 2.75) is 57.5 Å². The van der Waals surface area contributed by atoms with E-state index in [0.29, 0.717) is 13.0 Å². The molecule has 0 saturated carbocycles. The van der Waals surface area contributed by atoms with Gasteiger partial charge in [-0.25, -0.2) is 13.2 Å². The molecule has 2 atom stereocenters. The van der Waals surface area contributed by atoms with Gasteiger partial charge in [-0.3, -0.25) is 4.90 Å². The molecule has 1 amide bonds. The first-order valence-electron chi connectivity index (χ1n) is 8.83. The van der Waals surface area contributed by atoms with E-state index in [4.69, 9.17) is 9.16 Å². The molecule has 0 spiro atoms. The van der Waals surface area contributed by atoms with Crippen LogP contribution in [0.2, 0.25) is 18.1 Å². The van der Waals surface area contributed by atoms with Crippen molar-refractivity contribution >= 4 is 24.2 Å². The van der Waals surface area contributed by atoms with Crippen molar-refractivity contribution in [2.24, 2.45) is 0 Å². The highest BCUT2D eigenvalue weighted by atomic mass is 32.2. The smallest absolute Gasteiger partial charge is 0.410 e. The molecule has 0 N–H and O–H groups in total. The normalized spacial score (nSPS) is 22.0. The van der Waals surface area contributed by atoms with Crippen molar-refractivity contribution in [2.75, 3.05) is 25.2 Å². The Morgan fingerprint density at radius 2 is 1.96 bits per heavy atom. The van der Waals surface area contributed by atoms with Gasteiger partial charge in [-0.05, 0) is 24.6 Å². The molecular weight excluding hydrogens is 370 g/mol. The zero-order valence-electron chi connectivity index (χ0n) is 16.8. The molecule has 0 aromatic carbocycles. The van der Waals surface area contributed by atoms with E-state index in [0.717, 1.165) is 0 Å². The van der Waals surface area contributed by atoms with Crippen molar-refractivity contribution in [3.8, 4) is 0 Å². The van der Waals surface area contributed by atoms with E-state index in [1.54, 1.807) is 17.1 Å². The Morgan fingerprint density at radius 1 is 1.35 bits per heavy atom. The van der Waals surface area contributed by atoms with Crippen LogP contribution in [-0.2, 0) is 19.0 Å². The molecule has 0 unspecified atom stereocenters. The summed E-state index contributed by atoms with van der Waals surface area (Å²) < 4.78 is 34.3. The monoisotopic (exact) mass is 403 g/mol. The standard InChI is InChI=1S/C18H33NO5SSi/c1-8-11-23-17(20)19-14-16(24-26(6,7)18(2,3)4)13-15(19)10-9-12-25(5,21)22/h8-10,15-16H,1,11-14H2,2-7H3/b10-9+/t15-,16-/m1/s1. The third-order valence-electron chi connectivity index (χ3n) is 4.89. The van der Waals surface area contributed by atoms with Crippen LogP contribution in [0.15, 0.2) is 24.8 Å². The lowest BCUT2D eigenvalue weighted by molar-refractivity contribution is 0.108. The van der Waals surface area contributed by atoms with Gasteiger partial charge in [0.15, 0.2) is 18.2 Å². The maximum atomic E-state index is 12.3. The highest BCUT2D eigenvalue weighted by Crippen LogP contribution is 2.39. The van der Waals surface area contributed by atoms with Gasteiger partial charge < -0.3 is 9.16 Å². The predicted octanol–water partition coefficient (Wildman–Crippen LogP) is 3.37. The molecular formula is C18H33NO5SSi. The second-order valence-corrected chi connectivity index (χ2v) is 15.3. The third-order valence-corrected chi connectivity index (χ3v) is 10.2. The first-order valence-corrected chi connectivity index (χ1v) is 13.8. The van der Waals surface area contributed by atoms with Gasteiger partial charge in [0.2, 0.25) is 0 Å². The van der Waals surface area contributed by atoms with Crippen LogP contribution in [0.25, 0.3) is 0 Å². The summed E-state index contributed by atoms with van der Waals surface area (Å²) in [5.74, 6) is -0.0488. The van der Waals surface area contributed by atoms with Crippen LogP contribution in [0.3, 0.4) is 0 Å². The summed E-state index contributed by atoms with van der Waals surface area (Å²) in [5, 5.41) is 0.0748. The van der Waals surface area contributed by atoms with E-state index >= 15 is 0 Å². The molecule has 1 heterocycles. The molecule has 1 rings (SSSR count). The van der Waals surface area contributed by atoms with Crippen LogP contribution in [0, 0.1) is 0 Å². The van der Waals surface area contributed by atoms with Crippen molar-refractivity contribution in [1.29, 1.82) is 0 Å². The van der Waals surface area contributed by atoms with E-state index in [9.17, 15) is 13.2 Å². The number of sulfone groups is 1. The van der Waals surface area contributed by atoms with Crippen molar-refractivity contribution < 1.29 is 22.4 Å². The lowest BCUT2D eigenvalue weighted by atomic mass is 10.2. The SMILES string of the molecule is C=CCOC(=O)N1C[C@H](O[Si](C)(C)C(C)(C)C)C[C@H]1/C=C/CS(C)(=O)=O. The Bertz CT molecular complexity index is 636. The number of hydrogen-bond acceptors (Lipinski definition) is 5. The fraction of sp³-hybridized carbons (Fsp3) is 0.722. The number of ether oxygens (including phenoxy) is 1. The average molecular weight is 404 g/mol. The largest absolute Gasteiger partial charge is 0.445 e. The summed E-state index contributed by atoms with van der Waals surface area (Å²) in [5.41, 5.74) is 0. The second-order valence-electron chi connectivity index (χ2n) is 8.34. The van der Waals surface area contributed by atoms with Gasteiger partial charge in [0.25, 0.3) is 0 Å². The number of carbonyl (C=O) groups is 1. The molecule has 1 aliphatic rings. The number of carbonyl (C=O) groups excluding carboxylic acids is 1. The highest BCUT2D eigenvalue weighted by Gasteiger charge is 2.43. The molecule has 0 aromatic heterocycles. The first-order chi connectivity index (χ1) is 11.8. The quantitative estimate of drug-likeness (QED) is 0.481. The first kappa shape index (κ1) is 22.9. The molecule has 1 saturated heterocycles. The fourth-order valence-corrected chi connectivity index (χ4v) is 4.32. The Morgan fingerprint density at radius 3 is 2.46 bits per heavy atom. The number of hydrogen-bond donors (Lipinski definition) is 0. The zero-order valence-corrected chi connectivity index (χ0v) is 18.6. The van der Waals surface area contributed by atoms with Crippen LogP contribution in [0.4, 0.5) is 4.79 Å². The van der Waals surface area contributed by atoms with E-state index in [-0.39, 0.29) is 29.5 Å². The number of nitrogens with zero attached hydrogens (tertiary/aromatic N) is 1. The fourth-order valence-electron chi connectivity index (χ4n) is 2.50. The minimum absolute atomic E-state index is 0.0488. The van der Waals surface area contributed by atoms with Crippen molar-refractivity contribution in [3.63, 3.8) is 0 Å². The third kappa shape index (κ3) is 6.89. The predicted molar refractivity (Wildman–Crippen MR) is 108 cm³/mol. The summed E-state index contributed by atoms with van der Waals surface area (Å²) in [6.45, 7) is 15.0. The summed E-state index contributed by atoms with van der Waals surface area (Å²) in [4.78, 5) is 14.0. The van der Waals surface area contributed by atoms with Gasteiger partial charge >= 0.3 is 6.09 Å². The van der Waals surface area contributed by atoms with E-state index in [1.807, 2.05) is 0 Å². The van der Waals surface area contributed by atoms with E-state index in [2.05, 4.69) is 40.4 Å². The van der Waals surface area contributed by atoms with Gasteiger partial charge in [-0.1, -0.05) is 45.6 Å². The Hall–Kier alpha value is -1.12. The van der Waals surface area contributed by atoms with E-state index < -0.39 is 24.2 Å². The van der Waals surface area contributed by atoms with Gasteiger partial charge in [-0.15, -0.1) is 0 Å². The zero-order chi connectivity index (χ0) is 20.2. The van der Waals surface area contributed by atoms with Crippen LogP contribution >= 0.6 is 0 Å². The number of likely N-dealkylation sites (tertiary alicyclic amines) is 1. The van der Waals surface area contributed by atoms with E-state index in [1.165, 1.54) is 12.3 Å². The summed E-state index contributed by atoms with van der Waals surface area (Å²) in [6.07, 6.45) is 6.20. The molecule has 0 radical (unpaired) electrons. The van der Waals surface area contributed by atoms with Crippen LogP contribution in [0.5, 0.6) is 0 Å². The summed E-state index contributed by atoms with van der Waals surface area (Å²) in [6, 6.07) is -0.233. The molecule has 8 heteroatoms. The van der Waals surface area contributed by atoms with Gasteiger partial charge in [0, 0.05) is 12.8 Å². The van der Waals surface area contributed by atoms with Crippen LogP contribution in [-0.4, -0.2) is 65.0 Å². The number of amides is 1. The van der Waals surface area contributed by atoms with Gasteiger partial charge in [-0.2, -0.15) is 0 Å². The van der Waals surface area contributed by atoms with Crippen molar-refractivity contribution in [1.82, 2.24) is 4.90 Å². The highest BCUT2D eigenvalue weighted by molar-refractivity contribution is 7.90. The Balaban J connectivity index is 2.90. The lowest BCUT2D eigenvalue weighted by Crippen LogP contribution is -2.44. The molecule has 1 fully saturated rings. The summed E-state index contributed by atoms with van der Waals surface area (Å²) >= 11 is 0. The van der Waals surface area contributed by atoms with Crippen LogP contribution < -0.4 is 0 Å². The lowest BCUT2D eigenvalue weighted by Gasteiger charge is -2.38. The topological polar surface area (TPSA) is 72.9 Å².